The zero-order chi connectivity index (χ0) is 11.2. The second-order valence-corrected chi connectivity index (χ2v) is 6.10. The third kappa shape index (κ3) is 1.80. The van der Waals surface area contributed by atoms with Gasteiger partial charge < -0.3 is 4.90 Å². The summed E-state index contributed by atoms with van der Waals surface area (Å²) in [6, 6.07) is 6.60. The summed E-state index contributed by atoms with van der Waals surface area (Å²) in [5, 5.41) is 0. The Balaban J connectivity index is 2.54. The highest BCUT2D eigenvalue weighted by Gasteiger charge is 2.33. The van der Waals surface area contributed by atoms with Gasteiger partial charge in [0.05, 0.1) is 0 Å². The molecule has 1 aromatic rings. The topological polar surface area (TPSA) is 3.24 Å². The lowest BCUT2D eigenvalue weighted by Gasteiger charge is -2.45. The molecule has 1 nitrogen and oxygen atoms in total. The number of fused-ring (bicyclic) bond motifs is 1. The lowest BCUT2D eigenvalue weighted by molar-refractivity contribution is 0.395. The normalized spacial score (nSPS) is 23.8. The van der Waals surface area contributed by atoms with Gasteiger partial charge in [0.25, 0.3) is 0 Å². The van der Waals surface area contributed by atoms with E-state index in [1.54, 1.807) is 0 Å². The second kappa shape index (κ2) is 3.51. The summed E-state index contributed by atoms with van der Waals surface area (Å²) in [6.07, 6.45) is 1.22. The molecule has 0 saturated carbocycles. The smallest absolute Gasteiger partial charge is 0.0404 e. The van der Waals surface area contributed by atoms with E-state index in [1.165, 1.54) is 22.1 Å². The van der Waals surface area contributed by atoms with Gasteiger partial charge in [-0.05, 0) is 49.9 Å². The summed E-state index contributed by atoms with van der Waals surface area (Å²) >= 11 is 3.55. The predicted octanol–water partition coefficient (Wildman–Crippen LogP) is 4.17. The minimum Gasteiger partial charge on any atom is -0.369 e. The molecule has 2 rings (SSSR count). The molecule has 1 unspecified atom stereocenters. The summed E-state index contributed by atoms with van der Waals surface area (Å²) in [4.78, 5) is 2.40. The van der Waals surface area contributed by atoms with E-state index in [4.69, 9.17) is 0 Å². The second-order valence-electron chi connectivity index (χ2n) is 5.18. The molecule has 0 aliphatic carbocycles. The van der Waals surface area contributed by atoms with E-state index in [0.717, 1.165) is 0 Å². The van der Waals surface area contributed by atoms with Gasteiger partial charge in [0.2, 0.25) is 0 Å². The Labute approximate surface area is 101 Å². The molecule has 0 saturated heterocycles. The van der Waals surface area contributed by atoms with E-state index < -0.39 is 0 Å². The maximum absolute atomic E-state index is 3.55. The van der Waals surface area contributed by atoms with Crippen LogP contribution in [-0.2, 0) is 0 Å². The fourth-order valence-corrected chi connectivity index (χ4v) is 2.93. The van der Waals surface area contributed by atoms with Crippen LogP contribution in [0, 0.1) is 0 Å². The quantitative estimate of drug-likeness (QED) is 0.682. The Bertz CT molecular complexity index is 384. The van der Waals surface area contributed by atoms with Gasteiger partial charge >= 0.3 is 0 Å². The molecule has 0 bridgehead atoms. The molecular weight excluding hydrogens is 250 g/mol. The number of benzene rings is 1. The van der Waals surface area contributed by atoms with Crippen LogP contribution in [-0.4, -0.2) is 12.6 Å². The Morgan fingerprint density at radius 2 is 2.07 bits per heavy atom. The number of hydrogen-bond donors (Lipinski definition) is 0. The SMILES string of the molecule is CC1CC(C)(C)N(C)c2ccc(Br)cc21. The number of hydrogen-bond acceptors (Lipinski definition) is 1. The summed E-state index contributed by atoms with van der Waals surface area (Å²) in [5.41, 5.74) is 3.11. The molecule has 15 heavy (non-hydrogen) atoms. The molecule has 82 valence electrons. The molecule has 1 aromatic carbocycles. The zero-order valence-electron chi connectivity index (χ0n) is 9.84. The molecule has 1 aliphatic rings. The van der Waals surface area contributed by atoms with E-state index >= 15 is 0 Å². The van der Waals surface area contributed by atoms with E-state index in [2.05, 4.69) is 66.8 Å². The average Bonchev–Trinajstić information content (AvgIpc) is 2.14. The van der Waals surface area contributed by atoms with E-state index in [0.29, 0.717) is 5.92 Å². The van der Waals surface area contributed by atoms with Crippen molar-refractivity contribution in [3.05, 3.63) is 28.2 Å². The molecule has 0 radical (unpaired) electrons. The van der Waals surface area contributed by atoms with Crippen molar-refractivity contribution < 1.29 is 0 Å². The van der Waals surface area contributed by atoms with Crippen molar-refractivity contribution in [3.8, 4) is 0 Å². The number of halogens is 1. The summed E-state index contributed by atoms with van der Waals surface area (Å²) in [7, 11) is 2.19. The standard InChI is InChI=1S/C13H18BrN/c1-9-8-13(2,3)15(4)12-6-5-10(14)7-11(9)12/h5-7,9H,8H2,1-4H3. The maximum atomic E-state index is 3.55. The highest BCUT2D eigenvalue weighted by Crippen LogP contribution is 2.43. The van der Waals surface area contributed by atoms with Gasteiger partial charge in [-0.3, -0.25) is 0 Å². The van der Waals surface area contributed by atoms with Crippen molar-refractivity contribution in [1.29, 1.82) is 0 Å². The molecule has 1 atom stereocenters. The van der Waals surface area contributed by atoms with Crippen molar-refractivity contribution in [2.24, 2.45) is 0 Å². The van der Waals surface area contributed by atoms with Crippen LogP contribution in [0.5, 0.6) is 0 Å². The Morgan fingerprint density at radius 3 is 2.73 bits per heavy atom. The number of nitrogens with zero attached hydrogens (tertiary/aromatic N) is 1. The van der Waals surface area contributed by atoms with Gasteiger partial charge in [0.15, 0.2) is 0 Å². The van der Waals surface area contributed by atoms with Crippen LogP contribution in [0.4, 0.5) is 5.69 Å². The zero-order valence-corrected chi connectivity index (χ0v) is 11.4. The predicted molar refractivity (Wildman–Crippen MR) is 69.7 cm³/mol. The van der Waals surface area contributed by atoms with Crippen molar-refractivity contribution in [3.63, 3.8) is 0 Å². The monoisotopic (exact) mass is 267 g/mol. The largest absolute Gasteiger partial charge is 0.369 e. The van der Waals surface area contributed by atoms with E-state index in [9.17, 15) is 0 Å². The molecule has 2 heteroatoms. The fraction of sp³-hybridized carbons (Fsp3) is 0.538. The van der Waals surface area contributed by atoms with Crippen LogP contribution in [0.15, 0.2) is 22.7 Å². The number of rotatable bonds is 0. The van der Waals surface area contributed by atoms with Crippen LogP contribution < -0.4 is 4.90 Å². The highest BCUT2D eigenvalue weighted by atomic mass is 79.9. The molecular formula is C13H18BrN. The van der Waals surface area contributed by atoms with Crippen molar-refractivity contribution in [2.45, 2.75) is 38.6 Å². The first-order valence-electron chi connectivity index (χ1n) is 5.45. The third-order valence-electron chi connectivity index (χ3n) is 3.60. The molecule has 0 aromatic heterocycles. The summed E-state index contributed by atoms with van der Waals surface area (Å²) in [5.74, 6) is 0.642. The van der Waals surface area contributed by atoms with Crippen LogP contribution >= 0.6 is 15.9 Å². The molecule has 0 amide bonds. The first-order valence-corrected chi connectivity index (χ1v) is 6.24. The Kier molecular flexibility index (Phi) is 2.58. The lowest BCUT2D eigenvalue weighted by atomic mass is 9.80. The lowest BCUT2D eigenvalue weighted by Crippen LogP contribution is -2.45. The maximum Gasteiger partial charge on any atom is 0.0404 e. The summed E-state index contributed by atoms with van der Waals surface area (Å²) < 4.78 is 1.18. The summed E-state index contributed by atoms with van der Waals surface area (Å²) in [6.45, 7) is 6.95. The van der Waals surface area contributed by atoms with E-state index in [-0.39, 0.29) is 5.54 Å². The highest BCUT2D eigenvalue weighted by molar-refractivity contribution is 9.10. The van der Waals surface area contributed by atoms with Gasteiger partial charge in [-0.2, -0.15) is 0 Å². The van der Waals surface area contributed by atoms with Gasteiger partial charge in [-0.25, -0.2) is 0 Å². The molecule has 1 heterocycles. The minimum atomic E-state index is 0.264. The van der Waals surface area contributed by atoms with Gasteiger partial charge in [0, 0.05) is 22.7 Å². The molecule has 0 N–H and O–H groups in total. The molecule has 0 spiro atoms. The first-order chi connectivity index (χ1) is 6.92. The molecule has 1 aliphatic heterocycles. The first kappa shape index (κ1) is 11.0. The van der Waals surface area contributed by atoms with Crippen LogP contribution in [0.3, 0.4) is 0 Å². The van der Waals surface area contributed by atoms with Crippen molar-refractivity contribution in [1.82, 2.24) is 0 Å². The van der Waals surface area contributed by atoms with Crippen molar-refractivity contribution >= 4 is 21.6 Å². The Morgan fingerprint density at radius 1 is 1.40 bits per heavy atom. The van der Waals surface area contributed by atoms with Crippen LogP contribution in [0.1, 0.15) is 38.7 Å². The average molecular weight is 268 g/mol. The third-order valence-corrected chi connectivity index (χ3v) is 4.09. The van der Waals surface area contributed by atoms with Gasteiger partial charge in [0.1, 0.15) is 0 Å². The van der Waals surface area contributed by atoms with Crippen molar-refractivity contribution in [2.75, 3.05) is 11.9 Å². The number of anilines is 1. The van der Waals surface area contributed by atoms with Gasteiger partial charge in [-0.1, -0.05) is 22.9 Å². The van der Waals surface area contributed by atoms with Gasteiger partial charge in [-0.15, -0.1) is 0 Å². The molecule has 0 fully saturated rings. The minimum absolute atomic E-state index is 0.264. The van der Waals surface area contributed by atoms with Crippen LogP contribution in [0.25, 0.3) is 0 Å². The van der Waals surface area contributed by atoms with E-state index in [1.807, 2.05) is 0 Å². The van der Waals surface area contributed by atoms with Crippen LogP contribution in [0.2, 0.25) is 0 Å². The fourth-order valence-electron chi connectivity index (χ4n) is 2.55. The Hall–Kier alpha value is -0.500.